The number of halogens is 3. The Hall–Kier alpha value is -1.90. The van der Waals surface area contributed by atoms with Gasteiger partial charge in [0.2, 0.25) is 5.91 Å². The molecule has 1 unspecified atom stereocenters. The zero-order valence-electron chi connectivity index (χ0n) is 12.8. The zero-order valence-corrected chi connectivity index (χ0v) is 13.6. The second kappa shape index (κ2) is 6.69. The normalized spacial score (nSPS) is 13.1. The van der Waals surface area contributed by atoms with E-state index in [0.717, 1.165) is 16.9 Å². The Balaban J connectivity index is 2.04. The van der Waals surface area contributed by atoms with Gasteiger partial charge in [-0.1, -0.05) is 5.16 Å². The van der Waals surface area contributed by atoms with Crippen LogP contribution in [0.1, 0.15) is 40.2 Å². The maximum atomic E-state index is 13.1. The van der Waals surface area contributed by atoms with Crippen LogP contribution in [0.5, 0.6) is 0 Å². The van der Waals surface area contributed by atoms with E-state index in [9.17, 15) is 18.0 Å². The number of nitrogens with one attached hydrogen (secondary N) is 1. The van der Waals surface area contributed by atoms with Crippen LogP contribution in [0.15, 0.2) is 9.90 Å². The molecule has 1 atom stereocenters. The first-order valence-electron chi connectivity index (χ1n) is 6.88. The highest BCUT2D eigenvalue weighted by molar-refractivity contribution is 7.09. The van der Waals surface area contributed by atoms with Crippen LogP contribution in [0.4, 0.5) is 13.2 Å². The van der Waals surface area contributed by atoms with Crippen molar-refractivity contribution in [1.82, 2.24) is 15.5 Å². The Morgan fingerprint density at radius 3 is 2.57 bits per heavy atom. The summed E-state index contributed by atoms with van der Waals surface area (Å²) in [6, 6.07) is -2.08. The van der Waals surface area contributed by atoms with Gasteiger partial charge in [0.15, 0.2) is 6.04 Å². The maximum Gasteiger partial charge on any atom is 0.415 e. The molecule has 9 heteroatoms. The Morgan fingerprint density at radius 2 is 2.09 bits per heavy atom. The third-order valence-corrected chi connectivity index (χ3v) is 4.33. The van der Waals surface area contributed by atoms with Crippen LogP contribution in [0.2, 0.25) is 0 Å². The van der Waals surface area contributed by atoms with Crippen molar-refractivity contribution in [3.63, 3.8) is 0 Å². The maximum absolute atomic E-state index is 13.1. The topological polar surface area (TPSA) is 68.0 Å². The monoisotopic (exact) mass is 347 g/mol. The first-order chi connectivity index (χ1) is 10.7. The second-order valence-electron chi connectivity index (χ2n) is 5.17. The van der Waals surface area contributed by atoms with E-state index >= 15 is 0 Å². The first-order valence-corrected chi connectivity index (χ1v) is 7.76. The molecule has 1 N–H and O–H groups in total. The van der Waals surface area contributed by atoms with Crippen molar-refractivity contribution in [2.24, 2.45) is 0 Å². The molecular formula is C14H16F3N3O2S. The van der Waals surface area contributed by atoms with Gasteiger partial charge in [-0.3, -0.25) is 4.79 Å². The number of nitrogens with zero attached hydrogens (tertiary/aromatic N) is 2. The van der Waals surface area contributed by atoms with Crippen LogP contribution in [0.3, 0.4) is 0 Å². The van der Waals surface area contributed by atoms with Crippen molar-refractivity contribution in [3.05, 3.63) is 33.1 Å². The Kier molecular flexibility index (Phi) is 5.08. The quantitative estimate of drug-likeness (QED) is 0.900. The molecule has 2 heterocycles. The number of carbonyl (C=O) groups excluding carboxylic acids is 1. The highest BCUT2D eigenvalue weighted by Gasteiger charge is 2.43. The average molecular weight is 347 g/mol. The number of aromatic nitrogens is 2. The van der Waals surface area contributed by atoms with Crippen LogP contribution in [0, 0.1) is 20.8 Å². The molecule has 0 aliphatic rings. The Labute approximate surface area is 134 Å². The minimum atomic E-state index is -4.59. The molecule has 5 nitrogen and oxygen atoms in total. The average Bonchev–Trinajstić information content (AvgIpc) is 3.00. The Morgan fingerprint density at radius 1 is 1.39 bits per heavy atom. The highest BCUT2D eigenvalue weighted by atomic mass is 32.1. The summed E-state index contributed by atoms with van der Waals surface area (Å²) < 4.78 is 44.4. The second-order valence-corrected chi connectivity index (χ2v) is 6.06. The van der Waals surface area contributed by atoms with Crippen LogP contribution in [-0.2, 0) is 11.2 Å². The summed E-state index contributed by atoms with van der Waals surface area (Å²) in [5, 5.41) is 7.12. The van der Waals surface area contributed by atoms with Gasteiger partial charge in [0.25, 0.3) is 0 Å². The summed E-state index contributed by atoms with van der Waals surface area (Å²) in [6.07, 6.45) is -4.41. The number of thiazole rings is 1. The SMILES string of the molecule is Cc1csc(C(NC(=O)CCc2c(C)noc2C)C(F)(F)F)n1. The van der Waals surface area contributed by atoms with Crippen LogP contribution >= 0.6 is 11.3 Å². The lowest BCUT2D eigenvalue weighted by Crippen LogP contribution is -2.38. The number of amides is 1. The summed E-state index contributed by atoms with van der Waals surface area (Å²) in [7, 11) is 0. The van der Waals surface area contributed by atoms with Crippen LogP contribution < -0.4 is 5.32 Å². The molecule has 0 spiro atoms. The van der Waals surface area contributed by atoms with Crippen molar-refractivity contribution < 1.29 is 22.5 Å². The van der Waals surface area contributed by atoms with Crippen molar-refractivity contribution in [1.29, 1.82) is 0 Å². The minimum Gasteiger partial charge on any atom is -0.361 e. The summed E-state index contributed by atoms with van der Waals surface area (Å²) in [5.41, 5.74) is 1.87. The predicted octanol–water partition coefficient (Wildman–Crippen LogP) is 3.41. The van der Waals surface area contributed by atoms with E-state index in [1.807, 2.05) is 5.32 Å². The molecule has 0 bridgehead atoms. The van der Waals surface area contributed by atoms with E-state index in [1.54, 1.807) is 20.8 Å². The summed E-state index contributed by atoms with van der Waals surface area (Å²) in [5.74, 6) is -0.126. The molecule has 0 aromatic carbocycles. The number of hydrogen-bond acceptors (Lipinski definition) is 5. The van der Waals surface area contributed by atoms with Gasteiger partial charge in [0.1, 0.15) is 10.8 Å². The molecule has 0 fully saturated rings. The predicted molar refractivity (Wildman–Crippen MR) is 78.1 cm³/mol. The van der Waals surface area contributed by atoms with Gasteiger partial charge in [0.05, 0.1) is 5.69 Å². The standard InChI is InChI=1S/C14H16F3N3O2S/c1-7-6-23-13(18-7)12(14(15,16)17)19-11(21)5-4-10-8(2)20-22-9(10)3/h6,12H,4-5H2,1-3H3,(H,19,21). The van der Waals surface area contributed by atoms with E-state index in [0.29, 0.717) is 17.1 Å². The van der Waals surface area contributed by atoms with Gasteiger partial charge in [-0.25, -0.2) is 4.98 Å². The summed E-state index contributed by atoms with van der Waals surface area (Å²) >= 11 is 0.876. The minimum absolute atomic E-state index is 0.0835. The zero-order chi connectivity index (χ0) is 17.2. The van der Waals surface area contributed by atoms with Crippen LogP contribution in [0.25, 0.3) is 0 Å². The number of carbonyl (C=O) groups is 1. The smallest absolute Gasteiger partial charge is 0.361 e. The number of rotatable bonds is 5. The van der Waals surface area contributed by atoms with Crippen LogP contribution in [-0.4, -0.2) is 22.2 Å². The van der Waals surface area contributed by atoms with E-state index in [1.165, 1.54) is 5.38 Å². The Bertz CT molecular complexity index is 674. The largest absolute Gasteiger partial charge is 0.415 e. The van der Waals surface area contributed by atoms with Gasteiger partial charge in [-0.15, -0.1) is 11.3 Å². The fourth-order valence-corrected chi connectivity index (χ4v) is 2.99. The highest BCUT2D eigenvalue weighted by Crippen LogP contribution is 2.34. The number of alkyl halides is 3. The van der Waals surface area contributed by atoms with E-state index in [-0.39, 0.29) is 17.8 Å². The van der Waals surface area contributed by atoms with E-state index < -0.39 is 18.1 Å². The molecule has 1 amide bonds. The van der Waals surface area contributed by atoms with Gasteiger partial charge >= 0.3 is 6.18 Å². The van der Waals surface area contributed by atoms with Gasteiger partial charge < -0.3 is 9.84 Å². The fraction of sp³-hybridized carbons (Fsp3) is 0.500. The molecule has 2 aromatic rings. The van der Waals surface area contributed by atoms with E-state index in [4.69, 9.17) is 4.52 Å². The lowest BCUT2D eigenvalue weighted by atomic mass is 10.1. The summed E-state index contributed by atoms with van der Waals surface area (Å²) in [6.45, 7) is 5.03. The number of hydrogen-bond donors (Lipinski definition) is 1. The van der Waals surface area contributed by atoms with Crippen molar-refractivity contribution in [3.8, 4) is 0 Å². The molecule has 2 aromatic heterocycles. The molecule has 2 rings (SSSR count). The molecule has 0 aliphatic carbocycles. The van der Waals surface area contributed by atoms with Gasteiger partial charge in [-0.2, -0.15) is 13.2 Å². The molecule has 0 aliphatic heterocycles. The van der Waals surface area contributed by atoms with Crippen molar-refractivity contribution in [2.75, 3.05) is 0 Å². The molecular weight excluding hydrogens is 331 g/mol. The van der Waals surface area contributed by atoms with Crippen molar-refractivity contribution >= 4 is 17.2 Å². The lowest BCUT2D eigenvalue weighted by Gasteiger charge is -2.19. The lowest BCUT2D eigenvalue weighted by molar-refractivity contribution is -0.163. The van der Waals surface area contributed by atoms with Crippen molar-refractivity contribution in [2.45, 2.75) is 45.8 Å². The van der Waals surface area contributed by atoms with E-state index in [2.05, 4.69) is 10.1 Å². The summed E-state index contributed by atoms with van der Waals surface area (Å²) in [4.78, 5) is 15.7. The van der Waals surface area contributed by atoms with Gasteiger partial charge in [0, 0.05) is 23.1 Å². The third-order valence-electron chi connectivity index (χ3n) is 3.30. The first kappa shape index (κ1) is 17.5. The molecule has 126 valence electrons. The third kappa shape index (κ3) is 4.31. The fourth-order valence-electron chi connectivity index (χ4n) is 2.12. The molecule has 0 saturated carbocycles. The molecule has 0 radical (unpaired) electrons. The molecule has 0 saturated heterocycles. The molecule has 23 heavy (non-hydrogen) atoms. The number of aryl methyl sites for hydroxylation is 3. The van der Waals surface area contributed by atoms with Gasteiger partial charge in [-0.05, 0) is 27.2 Å².